The zero-order valence-corrected chi connectivity index (χ0v) is 19.5. The van der Waals surface area contributed by atoms with Gasteiger partial charge in [-0.1, -0.05) is 30.3 Å². The van der Waals surface area contributed by atoms with E-state index in [9.17, 15) is 13.6 Å². The van der Waals surface area contributed by atoms with Crippen molar-refractivity contribution >= 4 is 12.0 Å². The highest BCUT2D eigenvalue weighted by molar-refractivity contribution is 5.92. The molecule has 0 radical (unpaired) electrons. The maximum atomic E-state index is 14.8. The number of carbonyl (C=O) groups is 1. The third-order valence-electron chi connectivity index (χ3n) is 6.29. The van der Waals surface area contributed by atoms with E-state index >= 15 is 0 Å². The summed E-state index contributed by atoms with van der Waals surface area (Å²) in [6.45, 7) is 1.05. The molecule has 4 aromatic rings. The SMILES string of the molecule is O=C(/C=C/c1cccc(F)c1)N1CCC[C@H](c2nc(-c3cccnc3)ncc2-c2ccccc2F)C1. The van der Waals surface area contributed by atoms with Gasteiger partial charge in [-0.05, 0) is 54.8 Å². The Kier molecular flexibility index (Phi) is 6.89. The monoisotopic (exact) mass is 482 g/mol. The zero-order chi connectivity index (χ0) is 24.9. The van der Waals surface area contributed by atoms with Crippen molar-refractivity contribution in [2.24, 2.45) is 0 Å². The van der Waals surface area contributed by atoms with Crippen LogP contribution in [0, 0.1) is 11.6 Å². The first-order valence-corrected chi connectivity index (χ1v) is 11.8. The van der Waals surface area contributed by atoms with Crippen molar-refractivity contribution in [2.75, 3.05) is 13.1 Å². The molecule has 5 nitrogen and oxygen atoms in total. The van der Waals surface area contributed by atoms with E-state index in [0.717, 1.165) is 18.4 Å². The second-order valence-corrected chi connectivity index (χ2v) is 8.73. The van der Waals surface area contributed by atoms with Gasteiger partial charge < -0.3 is 4.90 Å². The zero-order valence-electron chi connectivity index (χ0n) is 19.5. The van der Waals surface area contributed by atoms with Gasteiger partial charge in [0.15, 0.2) is 5.82 Å². The molecule has 180 valence electrons. The lowest BCUT2D eigenvalue weighted by atomic mass is 9.89. The average molecular weight is 483 g/mol. The topological polar surface area (TPSA) is 59.0 Å². The molecule has 0 bridgehead atoms. The summed E-state index contributed by atoms with van der Waals surface area (Å²) in [5.41, 5.74) is 3.15. The number of pyridine rings is 1. The van der Waals surface area contributed by atoms with Crippen LogP contribution in [0.5, 0.6) is 0 Å². The number of aromatic nitrogens is 3. The van der Waals surface area contributed by atoms with Gasteiger partial charge in [-0.25, -0.2) is 18.7 Å². The summed E-state index contributed by atoms with van der Waals surface area (Å²) >= 11 is 0. The van der Waals surface area contributed by atoms with E-state index in [0.29, 0.717) is 41.3 Å². The Morgan fingerprint density at radius 2 is 1.89 bits per heavy atom. The predicted octanol–water partition coefficient (Wildman–Crippen LogP) is 5.90. The van der Waals surface area contributed by atoms with Crippen LogP contribution in [-0.2, 0) is 4.79 Å². The first-order valence-electron chi connectivity index (χ1n) is 11.8. The second-order valence-electron chi connectivity index (χ2n) is 8.73. The van der Waals surface area contributed by atoms with E-state index in [1.807, 2.05) is 12.1 Å². The summed E-state index contributed by atoms with van der Waals surface area (Å²) in [6, 6.07) is 16.4. The third-order valence-corrected chi connectivity index (χ3v) is 6.29. The molecule has 1 fully saturated rings. The largest absolute Gasteiger partial charge is 0.338 e. The van der Waals surface area contributed by atoms with Gasteiger partial charge in [-0.2, -0.15) is 0 Å². The first kappa shape index (κ1) is 23.5. The van der Waals surface area contributed by atoms with Crippen LogP contribution in [0.15, 0.2) is 85.3 Å². The van der Waals surface area contributed by atoms with Gasteiger partial charge in [0.1, 0.15) is 11.6 Å². The van der Waals surface area contributed by atoms with Crippen molar-refractivity contribution < 1.29 is 13.6 Å². The molecular formula is C29H24F2N4O. The molecule has 7 heteroatoms. The number of likely N-dealkylation sites (tertiary alicyclic amines) is 1. The minimum Gasteiger partial charge on any atom is -0.338 e. The van der Waals surface area contributed by atoms with Crippen LogP contribution in [-0.4, -0.2) is 38.8 Å². The van der Waals surface area contributed by atoms with Gasteiger partial charge in [0.2, 0.25) is 5.91 Å². The Labute approximate surface area is 208 Å². The summed E-state index contributed by atoms with van der Waals surface area (Å²) in [7, 11) is 0. The lowest BCUT2D eigenvalue weighted by Crippen LogP contribution is -2.38. The van der Waals surface area contributed by atoms with Gasteiger partial charge in [0.05, 0.1) is 5.69 Å². The van der Waals surface area contributed by atoms with Crippen LogP contribution in [0.3, 0.4) is 0 Å². The van der Waals surface area contributed by atoms with Crippen LogP contribution >= 0.6 is 0 Å². The van der Waals surface area contributed by atoms with Gasteiger partial charge in [0.25, 0.3) is 0 Å². The minimum absolute atomic E-state index is 0.0988. The summed E-state index contributed by atoms with van der Waals surface area (Å²) < 4.78 is 28.2. The fraction of sp³-hybridized carbons (Fsp3) is 0.172. The highest BCUT2D eigenvalue weighted by Gasteiger charge is 2.28. The number of benzene rings is 2. The molecule has 5 rings (SSSR count). The van der Waals surface area contributed by atoms with Gasteiger partial charge in [-0.15, -0.1) is 0 Å². The molecule has 3 heterocycles. The fourth-order valence-electron chi connectivity index (χ4n) is 4.51. The lowest BCUT2D eigenvalue weighted by molar-refractivity contribution is -0.127. The quantitative estimate of drug-likeness (QED) is 0.332. The van der Waals surface area contributed by atoms with E-state index < -0.39 is 0 Å². The molecular weight excluding hydrogens is 458 g/mol. The Hall–Kier alpha value is -4.26. The van der Waals surface area contributed by atoms with Crippen molar-refractivity contribution in [3.8, 4) is 22.5 Å². The van der Waals surface area contributed by atoms with Crippen molar-refractivity contribution in [1.82, 2.24) is 19.9 Å². The Balaban J connectivity index is 1.46. The number of amides is 1. The number of rotatable bonds is 5. The van der Waals surface area contributed by atoms with Crippen LogP contribution < -0.4 is 0 Å². The van der Waals surface area contributed by atoms with Crippen LogP contribution in [0.1, 0.15) is 30.0 Å². The molecule has 2 aromatic heterocycles. The molecule has 0 N–H and O–H groups in total. The van der Waals surface area contributed by atoms with Crippen LogP contribution in [0.2, 0.25) is 0 Å². The summed E-state index contributed by atoms with van der Waals surface area (Å²) in [5.74, 6) is -0.446. The van der Waals surface area contributed by atoms with Gasteiger partial charge in [0, 0.05) is 60.4 Å². The van der Waals surface area contributed by atoms with E-state index in [-0.39, 0.29) is 23.5 Å². The van der Waals surface area contributed by atoms with E-state index in [2.05, 4.69) is 9.97 Å². The molecule has 1 aliphatic heterocycles. The van der Waals surface area contributed by atoms with Crippen LogP contribution in [0.4, 0.5) is 8.78 Å². The lowest BCUT2D eigenvalue weighted by Gasteiger charge is -2.32. The van der Waals surface area contributed by atoms with Gasteiger partial charge >= 0.3 is 0 Å². The van der Waals surface area contributed by atoms with E-state index in [4.69, 9.17) is 4.98 Å². The van der Waals surface area contributed by atoms with E-state index in [1.54, 1.807) is 59.9 Å². The highest BCUT2D eigenvalue weighted by atomic mass is 19.1. The van der Waals surface area contributed by atoms with Crippen molar-refractivity contribution in [2.45, 2.75) is 18.8 Å². The Bertz CT molecular complexity index is 1410. The molecule has 1 atom stereocenters. The molecule has 0 aliphatic carbocycles. The minimum atomic E-state index is -0.350. The summed E-state index contributed by atoms with van der Waals surface area (Å²) in [4.78, 5) is 28.3. The summed E-state index contributed by atoms with van der Waals surface area (Å²) in [5, 5.41) is 0. The molecule has 0 saturated carbocycles. The van der Waals surface area contributed by atoms with Crippen molar-refractivity contribution in [3.05, 3.63) is 108 Å². The standard InChI is InChI=1S/C29H24F2N4O/c30-23-9-3-6-20(16-23)12-13-27(36)35-15-5-8-22(19-35)28-25(24-10-1-2-11-26(24)31)18-33-29(34-28)21-7-4-14-32-17-21/h1-4,6-7,9-14,16-18,22H,5,8,15,19H2/b13-12+/t22-/m0/s1. The molecule has 0 unspecified atom stereocenters. The Morgan fingerprint density at radius 3 is 2.69 bits per heavy atom. The number of halogens is 2. The maximum Gasteiger partial charge on any atom is 0.246 e. The second kappa shape index (κ2) is 10.6. The molecule has 2 aromatic carbocycles. The smallest absolute Gasteiger partial charge is 0.246 e. The molecule has 1 aliphatic rings. The molecule has 0 spiro atoms. The average Bonchev–Trinajstić information content (AvgIpc) is 2.92. The number of carbonyl (C=O) groups excluding carboxylic acids is 1. The Morgan fingerprint density at radius 1 is 1.00 bits per heavy atom. The first-order chi connectivity index (χ1) is 17.6. The van der Waals surface area contributed by atoms with E-state index in [1.165, 1.54) is 24.3 Å². The highest BCUT2D eigenvalue weighted by Crippen LogP contribution is 2.35. The van der Waals surface area contributed by atoms with Crippen molar-refractivity contribution in [3.63, 3.8) is 0 Å². The maximum absolute atomic E-state index is 14.8. The number of piperidine rings is 1. The number of hydrogen-bond donors (Lipinski definition) is 0. The third kappa shape index (κ3) is 5.20. The van der Waals surface area contributed by atoms with Crippen LogP contribution in [0.25, 0.3) is 28.6 Å². The number of nitrogens with zero attached hydrogens (tertiary/aromatic N) is 4. The fourth-order valence-corrected chi connectivity index (χ4v) is 4.51. The molecule has 1 amide bonds. The predicted molar refractivity (Wildman–Crippen MR) is 135 cm³/mol. The summed E-state index contributed by atoms with van der Waals surface area (Å²) in [6.07, 6.45) is 9.71. The molecule has 1 saturated heterocycles. The molecule has 36 heavy (non-hydrogen) atoms. The van der Waals surface area contributed by atoms with Crippen molar-refractivity contribution in [1.29, 1.82) is 0 Å². The van der Waals surface area contributed by atoms with Gasteiger partial charge in [-0.3, -0.25) is 9.78 Å². The number of hydrogen-bond acceptors (Lipinski definition) is 4. The normalized spacial score (nSPS) is 15.8.